The standard InChI is InChI=1S/C18H27N5O3S/c1-6-12-10-14(24)23-15(19-12)27-16(21-23)22-8-7-13(9-11(22)2)20-17(25)26-18(3,4)5/h10-11,13H,6-9H2,1-5H3,(H,20,25). The van der Waals surface area contributed by atoms with E-state index in [0.717, 1.165) is 36.6 Å². The van der Waals surface area contributed by atoms with Crippen molar-refractivity contribution < 1.29 is 9.53 Å². The topological polar surface area (TPSA) is 88.8 Å². The molecule has 1 fully saturated rings. The Labute approximate surface area is 162 Å². The molecule has 8 nitrogen and oxygen atoms in total. The van der Waals surface area contributed by atoms with Crippen LogP contribution < -0.4 is 15.8 Å². The molecule has 1 N–H and O–H groups in total. The van der Waals surface area contributed by atoms with Gasteiger partial charge in [-0.05, 0) is 47.0 Å². The zero-order valence-corrected chi connectivity index (χ0v) is 17.3. The van der Waals surface area contributed by atoms with Crippen LogP contribution in [0.4, 0.5) is 9.93 Å². The summed E-state index contributed by atoms with van der Waals surface area (Å²) in [6, 6.07) is 1.78. The third kappa shape index (κ3) is 4.58. The number of aromatic nitrogens is 3. The number of carbonyl (C=O) groups is 1. The van der Waals surface area contributed by atoms with E-state index in [1.165, 1.54) is 21.9 Å². The minimum atomic E-state index is -0.505. The number of alkyl carbamates (subject to hydrolysis) is 1. The molecule has 0 aromatic carbocycles. The number of fused-ring (bicyclic) bond motifs is 1. The molecule has 148 valence electrons. The van der Waals surface area contributed by atoms with E-state index in [9.17, 15) is 9.59 Å². The quantitative estimate of drug-likeness (QED) is 0.862. The summed E-state index contributed by atoms with van der Waals surface area (Å²) in [6.07, 6.45) is 1.92. The maximum Gasteiger partial charge on any atom is 0.407 e. The van der Waals surface area contributed by atoms with Gasteiger partial charge in [0.25, 0.3) is 5.56 Å². The van der Waals surface area contributed by atoms with Crippen molar-refractivity contribution in [3.8, 4) is 0 Å². The Kier molecular flexibility index (Phi) is 5.41. The fraction of sp³-hybridized carbons (Fsp3) is 0.667. The Bertz CT molecular complexity index is 885. The fourth-order valence-electron chi connectivity index (χ4n) is 3.20. The van der Waals surface area contributed by atoms with Crippen molar-refractivity contribution in [2.45, 2.75) is 71.6 Å². The summed E-state index contributed by atoms with van der Waals surface area (Å²) < 4.78 is 6.71. The first-order valence-corrected chi connectivity index (χ1v) is 10.1. The average molecular weight is 394 g/mol. The van der Waals surface area contributed by atoms with E-state index in [0.29, 0.717) is 4.96 Å². The number of piperidine rings is 1. The second kappa shape index (κ2) is 7.46. The van der Waals surface area contributed by atoms with E-state index >= 15 is 0 Å². The smallest absolute Gasteiger partial charge is 0.407 e. The maximum absolute atomic E-state index is 12.2. The summed E-state index contributed by atoms with van der Waals surface area (Å²) in [5, 5.41) is 8.21. The van der Waals surface area contributed by atoms with Gasteiger partial charge in [-0.2, -0.15) is 4.52 Å². The molecule has 0 aliphatic carbocycles. The van der Waals surface area contributed by atoms with Crippen LogP contribution in [0.2, 0.25) is 0 Å². The molecule has 1 aliphatic heterocycles. The highest BCUT2D eigenvalue weighted by atomic mass is 32.1. The molecular weight excluding hydrogens is 366 g/mol. The number of hydrogen-bond donors (Lipinski definition) is 1. The number of carbonyl (C=O) groups excluding carboxylic acids is 1. The van der Waals surface area contributed by atoms with Gasteiger partial charge < -0.3 is 15.0 Å². The first-order chi connectivity index (χ1) is 12.7. The molecule has 9 heteroatoms. The number of nitrogens with zero attached hydrogens (tertiary/aromatic N) is 4. The van der Waals surface area contributed by atoms with Crippen molar-refractivity contribution >= 4 is 27.5 Å². The molecule has 2 unspecified atom stereocenters. The van der Waals surface area contributed by atoms with Crippen LogP contribution in [-0.4, -0.2) is 44.9 Å². The molecule has 2 aromatic heterocycles. The number of rotatable bonds is 3. The van der Waals surface area contributed by atoms with Gasteiger partial charge in [-0.1, -0.05) is 18.3 Å². The second-order valence-electron chi connectivity index (χ2n) is 7.93. The van der Waals surface area contributed by atoms with Gasteiger partial charge in [0.2, 0.25) is 10.1 Å². The van der Waals surface area contributed by atoms with Crippen molar-refractivity contribution in [3.63, 3.8) is 0 Å². The van der Waals surface area contributed by atoms with Crippen LogP contribution in [0.15, 0.2) is 10.9 Å². The van der Waals surface area contributed by atoms with E-state index in [2.05, 4.69) is 27.2 Å². The molecule has 1 saturated heterocycles. The molecule has 0 spiro atoms. The van der Waals surface area contributed by atoms with Crippen LogP contribution in [0.5, 0.6) is 0 Å². The Morgan fingerprint density at radius 3 is 2.81 bits per heavy atom. The summed E-state index contributed by atoms with van der Waals surface area (Å²) in [4.78, 5) is 31.5. The summed E-state index contributed by atoms with van der Waals surface area (Å²) >= 11 is 1.43. The predicted molar refractivity (Wildman–Crippen MR) is 106 cm³/mol. The summed E-state index contributed by atoms with van der Waals surface area (Å²) in [7, 11) is 0. The van der Waals surface area contributed by atoms with Crippen LogP contribution in [-0.2, 0) is 11.2 Å². The lowest BCUT2D eigenvalue weighted by molar-refractivity contribution is 0.0494. The molecule has 0 saturated carbocycles. The van der Waals surface area contributed by atoms with Gasteiger partial charge in [0, 0.05) is 30.4 Å². The lowest BCUT2D eigenvalue weighted by Gasteiger charge is -2.37. The van der Waals surface area contributed by atoms with Crippen molar-refractivity contribution in [1.29, 1.82) is 0 Å². The van der Waals surface area contributed by atoms with E-state index < -0.39 is 5.60 Å². The number of hydrogen-bond acceptors (Lipinski definition) is 7. The van der Waals surface area contributed by atoms with Crippen LogP contribution in [0, 0.1) is 0 Å². The van der Waals surface area contributed by atoms with Gasteiger partial charge in [0.1, 0.15) is 5.60 Å². The molecule has 1 aliphatic rings. The van der Waals surface area contributed by atoms with Gasteiger partial charge in [-0.15, -0.1) is 5.10 Å². The van der Waals surface area contributed by atoms with Crippen LogP contribution >= 0.6 is 11.3 Å². The van der Waals surface area contributed by atoms with Gasteiger partial charge in [-0.3, -0.25) is 4.79 Å². The van der Waals surface area contributed by atoms with E-state index in [4.69, 9.17) is 4.74 Å². The van der Waals surface area contributed by atoms with Crippen LogP contribution in [0.25, 0.3) is 4.96 Å². The van der Waals surface area contributed by atoms with Crippen molar-refractivity contribution in [3.05, 3.63) is 22.1 Å². The Balaban J connectivity index is 1.70. The summed E-state index contributed by atoms with van der Waals surface area (Å²) in [6.45, 7) is 10.4. The summed E-state index contributed by atoms with van der Waals surface area (Å²) in [5.41, 5.74) is 0.131. The Hall–Kier alpha value is -2.16. The highest BCUT2D eigenvalue weighted by Gasteiger charge is 2.30. The third-order valence-corrected chi connectivity index (χ3v) is 5.44. The highest BCUT2D eigenvalue weighted by Crippen LogP contribution is 2.28. The van der Waals surface area contributed by atoms with Gasteiger partial charge in [-0.25, -0.2) is 9.78 Å². The molecular formula is C18H27N5O3S. The largest absolute Gasteiger partial charge is 0.444 e. The number of amides is 1. The summed E-state index contributed by atoms with van der Waals surface area (Å²) in [5.74, 6) is 0. The SMILES string of the molecule is CCc1cc(=O)n2nc(N3CCC(NC(=O)OC(C)(C)C)CC3C)sc2n1. The van der Waals surface area contributed by atoms with E-state index in [1.54, 1.807) is 0 Å². The molecule has 2 atom stereocenters. The molecule has 3 heterocycles. The second-order valence-corrected chi connectivity index (χ2v) is 8.86. The number of nitrogens with one attached hydrogen (secondary N) is 1. The van der Waals surface area contributed by atoms with E-state index in [-0.39, 0.29) is 23.7 Å². The normalized spacial score (nSPS) is 20.7. The van der Waals surface area contributed by atoms with Crippen LogP contribution in [0.3, 0.4) is 0 Å². The minimum Gasteiger partial charge on any atom is -0.444 e. The highest BCUT2D eigenvalue weighted by molar-refractivity contribution is 7.20. The molecule has 3 rings (SSSR count). The maximum atomic E-state index is 12.2. The van der Waals surface area contributed by atoms with Gasteiger partial charge in [0.05, 0.1) is 0 Å². The zero-order valence-electron chi connectivity index (χ0n) is 16.5. The predicted octanol–water partition coefficient (Wildman–Crippen LogP) is 2.60. The van der Waals surface area contributed by atoms with Crippen molar-refractivity contribution in [1.82, 2.24) is 19.9 Å². The van der Waals surface area contributed by atoms with Crippen molar-refractivity contribution in [2.24, 2.45) is 0 Å². The zero-order chi connectivity index (χ0) is 19.8. The van der Waals surface area contributed by atoms with E-state index in [1.807, 2.05) is 27.7 Å². The number of anilines is 1. The van der Waals surface area contributed by atoms with Gasteiger partial charge in [0.15, 0.2) is 0 Å². The Morgan fingerprint density at radius 1 is 1.44 bits per heavy atom. The first kappa shape index (κ1) is 19.6. The average Bonchev–Trinajstić information content (AvgIpc) is 2.97. The Morgan fingerprint density at radius 2 is 2.19 bits per heavy atom. The monoisotopic (exact) mass is 393 g/mol. The molecule has 1 amide bonds. The van der Waals surface area contributed by atoms with Gasteiger partial charge >= 0.3 is 6.09 Å². The number of aryl methyl sites for hydroxylation is 1. The molecule has 2 aromatic rings. The fourth-order valence-corrected chi connectivity index (χ4v) is 4.26. The molecule has 0 bridgehead atoms. The van der Waals surface area contributed by atoms with Crippen molar-refractivity contribution in [2.75, 3.05) is 11.4 Å². The first-order valence-electron chi connectivity index (χ1n) is 9.32. The third-order valence-electron chi connectivity index (χ3n) is 4.49. The molecule has 0 radical (unpaired) electrons. The lowest BCUT2D eigenvalue weighted by Crippen LogP contribution is -2.49. The molecule has 27 heavy (non-hydrogen) atoms. The number of ether oxygens (including phenoxy) is 1. The lowest BCUT2D eigenvalue weighted by atomic mass is 9.99. The minimum absolute atomic E-state index is 0.0630. The van der Waals surface area contributed by atoms with Crippen LogP contribution in [0.1, 0.15) is 53.2 Å².